The smallest absolute Gasteiger partial charge is 0.243 e. The quantitative estimate of drug-likeness (QED) is 0.196. The van der Waals surface area contributed by atoms with Gasteiger partial charge in [-0.1, -0.05) is 140 Å². The molecule has 1 aliphatic rings. The Balaban J connectivity index is 1.51. The number of hydrogen-bond donors (Lipinski definition) is 1. The first kappa shape index (κ1) is 29.6. The van der Waals surface area contributed by atoms with Gasteiger partial charge in [-0.25, -0.2) is 0 Å². The van der Waals surface area contributed by atoms with Gasteiger partial charge in [0.25, 0.3) is 0 Å². The highest BCUT2D eigenvalue weighted by Gasteiger charge is 2.33. The molecule has 1 atom stereocenters. The molecule has 0 bridgehead atoms. The van der Waals surface area contributed by atoms with E-state index < -0.39 is 6.04 Å². The highest BCUT2D eigenvalue weighted by atomic mass is 35.5. The van der Waals surface area contributed by atoms with Crippen molar-refractivity contribution in [2.45, 2.75) is 69.5 Å². The van der Waals surface area contributed by atoms with Crippen molar-refractivity contribution in [3.63, 3.8) is 0 Å². The fraction of sp³-hybridized carbons (Fsp3) is 0.297. The van der Waals surface area contributed by atoms with Crippen LogP contribution in [0.1, 0.15) is 66.7 Å². The third-order valence-corrected chi connectivity index (χ3v) is 8.67. The normalized spacial score (nSPS) is 14.3. The van der Waals surface area contributed by atoms with Crippen molar-refractivity contribution in [1.29, 1.82) is 0 Å². The Morgan fingerprint density at radius 1 is 0.738 bits per heavy atom. The van der Waals surface area contributed by atoms with Gasteiger partial charge in [0, 0.05) is 36.4 Å². The topological polar surface area (TPSA) is 49.4 Å². The summed E-state index contributed by atoms with van der Waals surface area (Å²) in [5.74, 6) is -0.318. The summed E-state index contributed by atoms with van der Waals surface area (Å²) in [6, 6.07) is 37.3. The van der Waals surface area contributed by atoms with Gasteiger partial charge >= 0.3 is 0 Å². The molecule has 4 nitrogen and oxygen atoms in total. The van der Waals surface area contributed by atoms with Gasteiger partial charge in [0.2, 0.25) is 11.8 Å². The van der Waals surface area contributed by atoms with Crippen LogP contribution in [-0.4, -0.2) is 28.8 Å². The van der Waals surface area contributed by atoms with Crippen molar-refractivity contribution in [2.24, 2.45) is 0 Å². The molecule has 1 N–H and O–H groups in total. The van der Waals surface area contributed by atoms with Gasteiger partial charge in [-0.15, -0.1) is 0 Å². The molecule has 2 amide bonds. The summed E-state index contributed by atoms with van der Waals surface area (Å²) in [6.45, 7) is 0.254. The van der Waals surface area contributed by atoms with Crippen LogP contribution >= 0.6 is 11.6 Å². The van der Waals surface area contributed by atoms with Gasteiger partial charge in [0.1, 0.15) is 6.04 Å². The number of nitrogens with one attached hydrogen (secondary N) is 1. The Kier molecular flexibility index (Phi) is 10.5. The minimum atomic E-state index is -0.676. The summed E-state index contributed by atoms with van der Waals surface area (Å²) >= 11 is 6.63. The van der Waals surface area contributed by atoms with Crippen molar-refractivity contribution in [3.8, 4) is 0 Å². The van der Waals surface area contributed by atoms with Crippen LogP contribution in [0.5, 0.6) is 0 Å². The molecule has 1 unspecified atom stereocenters. The van der Waals surface area contributed by atoms with E-state index in [1.165, 1.54) is 6.42 Å². The van der Waals surface area contributed by atoms with Crippen molar-refractivity contribution in [1.82, 2.24) is 10.2 Å². The monoisotopic (exact) mass is 578 g/mol. The van der Waals surface area contributed by atoms with Crippen molar-refractivity contribution in [2.75, 3.05) is 0 Å². The number of hydrogen-bond acceptors (Lipinski definition) is 2. The maximum Gasteiger partial charge on any atom is 0.243 e. The second-order valence-electron chi connectivity index (χ2n) is 11.2. The van der Waals surface area contributed by atoms with Crippen LogP contribution in [0.2, 0.25) is 5.02 Å². The first-order valence-corrected chi connectivity index (χ1v) is 15.4. The first-order valence-electron chi connectivity index (χ1n) is 15.1. The highest BCUT2D eigenvalue weighted by Crippen LogP contribution is 2.30. The fourth-order valence-corrected chi connectivity index (χ4v) is 6.19. The number of benzene rings is 4. The molecule has 1 saturated carbocycles. The van der Waals surface area contributed by atoms with E-state index in [9.17, 15) is 9.59 Å². The van der Waals surface area contributed by atoms with Crippen LogP contribution < -0.4 is 5.32 Å². The molecule has 4 aromatic carbocycles. The van der Waals surface area contributed by atoms with Gasteiger partial charge in [0.15, 0.2) is 0 Å². The molecule has 0 heterocycles. The molecule has 0 radical (unpaired) electrons. The first-order chi connectivity index (χ1) is 20.6. The maximum atomic E-state index is 14.5. The molecular weight excluding hydrogens is 540 g/mol. The predicted molar refractivity (Wildman–Crippen MR) is 170 cm³/mol. The van der Waals surface area contributed by atoms with Crippen molar-refractivity contribution in [3.05, 3.63) is 143 Å². The molecule has 0 saturated heterocycles. The van der Waals surface area contributed by atoms with E-state index in [4.69, 9.17) is 11.6 Å². The van der Waals surface area contributed by atoms with Crippen LogP contribution in [0.25, 0.3) is 0 Å². The van der Waals surface area contributed by atoms with Crippen LogP contribution in [-0.2, 0) is 22.6 Å². The fourth-order valence-electron chi connectivity index (χ4n) is 6.00. The summed E-state index contributed by atoms with van der Waals surface area (Å²) in [7, 11) is 0. The van der Waals surface area contributed by atoms with Crippen LogP contribution in [0.3, 0.4) is 0 Å². The lowest BCUT2D eigenvalue weighted by Crippen LogP contribution is -2.53. The van der Waals surface area contributed by atoms with E-state index in [1.807, 2.05) is 91.0 Å². The standard InChI is InChI=1S/C37H39ClN2O2/c38-34-24-14-13-21-31(34)27-40(36(41)26-33(29-17-7-2-8-18-29)30-19-9-3-10-20-30)35(25-28-15-5-1-6-16-28)37(42)39-32-22-11-4-12-23-32/h1-3,5-10,13-21,24,32-33,35H,4,11-12,22-23,25-27H2,(H,39,42). The van der Waals surface area contributed by atoms with Gasteiger partial charge in [0.05, 0.1) is 0 Å². The predicted octanol–water partition coefficient (Wildman–Crippen LogP) is 7.95. The van der Waals surface area contributed by atoms with Gasteiger partial charge in [-0.3, -0.25) is 9.59 Å². The summed E-state index contributed by atoms with van der Waals surface area (Å²) in [5.41, 5.74) is 3.98. The average Bonchev–Trinajstić information content (AvgIpc) is 3.04. The molecule has 216 valence electrons. The lowest BCUT2D eigenvalue weighted by Gasteiger charge is -2.34. The summed E-state index contributed by atoms with van der Waals surface area (Å²) in [5, 5.41) is 3.91. The molecule has 0 aromatic heterocycles. The van der Waals surface area contributed by atoms with Crippen LogP contribution in [0, 0.1) is 0 Å². The van der Waals surface area contributed by atoms with Gasteiger partial charge < -0.3 is 10.2 Å². The Hall–Kier alpha value is -3.89. The largest absolute Gasteiger partial charge is 0.352 e. The summed E-state index contributed by atoms with van der Waals surface area (Å²) in [4.78, 5) is 30.4. The minimum Gasteiger partial charge on any atom is -0.352 e. The molecule has 5 heteroatoms. The SMILES string of the molecule is O=C(NC1CCCCC1)C(Cc1ccccc1)N(Cc1ccccc1Cl)C(=O)CC(c1ccccc1)c1ccccc1. The Morgan fingerprint density at radius 2 is 1.29 bits per heavy atom. The Labute approximate surface area is 254 Å². The molecule has 42 heavy (non-hydrogen) atoms. The summed E-state index contributed by atoms with van der Waals surface area (Å²) in [6.07, 6.45) is 6.06. The molecule has 1 aliphatic carbocycles. The Bertz CT molecular complexity index is 1380. The number of amides is 2. The minimum absolute atomic E-state index is 0.0765. The second-order valence-corrected chi connectivity index (χ2v) is 11.6. The third-order valence-electron chi connectivity index (χ3n) is 8.30. The molecule has 5 rings (SSSR count). The zero-order valence-electron chi connectivity index (χ0n) is 24.0. The second kappa shape index (κ2) is 14.8. The van der Waals surface area contributed by atoms with E-state index >= 15 is 0 Å². The molecular formula is C37H39ClN2O2. The number of rotatable bonds is 11. The lowest BCUT2D eigenvalue weighted by atomic mass is 9.87. The number of halogens is 1. The zero-order valence-corrected chi connectivity index (χ0v) is 24.8. The van der Waals surface area contributed by atoms with Crippen molar-refractivity contribution >= 4 is 23.4 Å². The maximum absolute atomic E-state index is 14.5. The molecule has 0 aliphatic heterocycles. The van der Waals surface area contributed by atoms with E-state index in [1.54, 1.807) is 4.90 Å². The van der Waals surface area contributed by atoms with Crippen LogP contribution in [0.4, 0.5) is 0 Å². The highest BCUT2D eigenvalue weighted by molar-refractivity contribution is 6.31. The zero-order chi connectivity index (χ0) is 29.1. The van der Waals surface area contributed by atoms with Crippen LogP contribution in [0.15, 0.2) is 115 Å². The van der Waals surface area contributed by atoms with E-state index in [2.05, 4.69) is 29.6 Å². The average molecular weight is 579 g/mol. The molecule has 4 aromatic rings. The number of nitrogens with zero attached hydrogens (tertiary/aromatic N) is 1. The van der Waals surface area contributed by atoms with Crippen molar-refractivity contribution < 1.29 is 9.59 Å². The van der Waals surface area contributed by atoms with E-state index in [-0.39, 0.29) is 36.7 Å². The molecule has 0 spiro atoms. The van der Waals surface area contributed by atoms with E-state index in [0.717, 1.165) is 47.9 Å². The van der Waals surface area contributed by atoms with E-state index in [0.29, 0.717) is 11.4 Å². The van der Waals surface area contributed by atoms with Gasteiger partial charge in [-0.2, -0.15) is 0 Å². The summed E-state index contributed by atoms with van der Waals surface area (Å²) < 4.78 is 0. The third kappa shape index (κ3) is 7.89. The Morgan fingerprint density at radius 3 is 1.88 bits per heavy atom. The number of carbonyl (C=O) groups excluding carboxylic acids is 2. The lowest BCUT2D eigenvalue weighted by molar-refractivity contribution is -0.141. The molecule has 1 fully saturated rings. The number of carbonyl (C=O) groups is 2. The van der Waals surface area contributed by atoms with Gasteiger partial charge in [-0.05, 0) is 41.2 Å².